The SMILES string of the molecule is CN(C)c1nc2c(c(N3CC4CN(Cc5ccns5)CC4(CO)C3)n1)CCCC2. The van der Waals surface area contributed by atoms with Crippen LogP contribution in [-0.4, -0.2) is 71.2 Å². The second kappa shape index (κ2) is 7.49. The van der Waals surface area contributed by atoms with Gasteiger partial charge < -0.3 is 14.9 Å². The Hall–Kier alpha value is -1.77. The summed E-state index contributed by atoms with van der Waals surface area (Å²) < 4.78 is 4.23. The molecule has 4 heterocycles. The van der Waals surface area contributed by atoms with Crippen LogP contribution < -0.4 is 9.80 Å². The summed E-state index contributed by atoms with van der Waals surface area (Å²) in [5.41, 5.74) is 2.51. The van der Waals surface area contributed by atoms with Gasteiger partial charge in [-0.25, -0.2) is 9.36 Å². The van der Waals surface area contributed by atoms with E-state index >= 15 is 0 Å². The highest BCUT2D eigenvalue weighted by molar-refractivity contribution is 7.05. The maximum atomic E-state index is 10.4. The topological polar surface area (TPSA) is 68.6 Å². The predicted molar refractivity (Wildman–Crippen MR) is 116 cm³/mol. The van der Waals surface area contributed by atoms with Crippen molar-refractivity contribution in [1.82, 2.24) is 19.2 Å². The number of rotatable bonds is 5. The van der Waals surface area contributed by atoms with Crippen LogP contribution in [0.1, 0.15) is 29.0 Å². The van der Waals surface area contributed by atoms with E-state index in [-0.39, 0.29) is 12.0 Å². The lowest BCUT2D eigenvalue weighted by Crippen LogP contribution is -2.37. The number of fused-ring (bicyclic) bond motifs is 2. The number of aliphatic hydroxyl groups excluding tert-OH is 1. The van der Waals surface area contributed by atoms with E-state index in [1.807, 2.05) is 25.2 Å². The van der Waals surface area contributed by atoms with E-state index in [9.17, 15) is 5.11 Å². The van der Waals surface area contributed by atoms with Gasteiger partial charge in [-0.3, -0.25) is 4.90 Å². The summed E-state index contributed by atoms with van der Waals surface area (Å²) in [6, 6.07) is 2.10. The van der Waals surface area contributed by atoms with Gasteiger partial charge in [0.25, 0.3) is 0 Å². The molecule has 1 N–H and O–H groups in total. The first-order valence-corrected chi connectivity index (χ1v) is 11.4. The van der Waals surface area contributed by atoms with Gasteiger partial charge in [-0.05, 0) is 49.2 Å². The number of aromatic nitrogens is 3. The van der Waals surface area contributed by atoms with Crippen molar-refractivity contribution in [3.8, 4) is 0 Å². The molecule has 2 atom stereocenters. The zero-order valence-corrected chi connectivity index (χ0v) is 18.2. The third-order valence-corrected chi connectivity index (χ3v) is 7.59. The highest BCUT2D eigenvalue weighted by Gasteiger charge is 2.52. The molecule has 29 heavy (non-hydrogen) atoms. The van der Waals surface area contributed by atoms with Gasteiger partial charge in [-0.2, -0.15) is 4.98 Å². The van der Waals surface area contributed by atoms with Crippen molar-refractivity contribution in [2.75, 3.05) is 56.7 Å². The van der Waals surface area contributed by atoms with E-state index < -0.39 is 0 Å². The second-order valence-electron chi connectivity index (χ2n) is 9.12. The zero-order valence-electron chi connectivity index (χ0n) is 17.3. The van der Waals surface area contributed by atoms with Crippen LogP contribution in [0.3, 0.4) is 0 Å². The Morgan fingerprint density at radius 2 is 2.07 bits per heavy atom. The standard InChI is InChI=1S/C21H30N6OS/c1-25(2)20-23-18-6-4-3-5-17(18)19(24-20)27-10-15-9-26(11-16-7-8-22-29-16)12-21(15,13-27)14-28/h7-8,15,28H,3-6,9-14H2,1-2H3. The molecule has 0 bridgehead atoms. The molecule has 0 spiro atoms. The van der Waals surface area contributed by atoms with Gasteiger partial charge >= 0.3 is 0 Å². The van der Waals surface area contributed by atoms with Crippen LogP contribution in [0.4, 0.5) is 11.8 Å². The summed E-state index contributed by atoms with van der Waals surface area (Å²) in [5, 5.41) is 10.4. The molecule has 2 saturated heterocycles. The van der Waals surface area contributed by atoms with Crippen molar-refractivity contribution in [1.29, 1.82) is 0 Å². The molecule has 2 aliphatic heterocycles. The van der Waals surface area contributed by atoms with E-state index in [0.29, 0.717) is 5.92 Å². The highest BCUT2D eigenvalue weighted by Crippen LogP contribution is 2.45. The van der Waals surface area contributed by atoms with Gasteiger partial charge in [0.05, 0.1) is 12.3 Å². The fraction of sp³-hybridized carbons (Fsp3) is 0.667. The van der Waals surface area contributed by atoms with Gasteiger partial charge in [0, 0.05) is 68.9 Å². The number of likely N-dealkylation sites (tertiary alicyclic amines) is 1. The molecule has 0 amide bonds. The molecule has 2 aromatic heterocycles. The van der Waals surface area contributed by atoms with Crippen molar-refractivity contribution in [3.63, 3.8) is 0 Å². The van der Waals surface area contributed by atoms with Gasteiger partial charge in [-0.15, -0.1) is 0 Å². The number of hydrogen-bond donors (Lipinski definition) is 1. The molecule has 2 aromatic rings. The van der Waals surface area contributed by atoms with E-state index in [1.165, 1.54) is 29.0 Å². The van der Waals surface area contributed by atoms with Crippen LogP contribution in [0.15, 0.2) is 12.3 Å². The fourth-order valence-electron chi connectivity index (χ4n) is 5.36. The third-order valence-electron chi connectivity index (χ3n) is 6.86. The molecule has 8 heteroatoms. The first-order chi connectivity index (χ1) is 14.1. The predicted octanol–water partition coefficient (Wildman–Crippen LogP) is 1.81. The summed E-state index contributed by atoms with van der Waals surface area (Å²) >= 11 is 1.58. The Bertz CT molecular complexity index is 872. The van der Waals surface area contributed by atoms with Crippen LogP contribution in [0.25, 0.3) is 0 Å². The molecule has 2 fully saturated rings. The zero-order chi connectivity index (χ0) is 20.0. The lowest BCUT2D eigenvalue weighted by molar-refractivity contribution is 0.125. The van der Waals surface area contributed by atoms with Crippen molar-refractivity contribution in [3.05, 3.63) is 28.4 Å². The maximum absolute atomic E-state index is 10.4. The Kier molecular flexibility index (Phi) is 4.96. The minimum absolute atomic E-state index is 0.0601. The van der Waals surface area contributed by atoms with E-state index in [0.717, 1.165) is 57.3 Å². The van der Waals surface area contributed by atoms with E-state index in [2.05, 4.69) is 20.2 Å². The molecule has 3 aliphatic rings. The van der Waals surface area contributed by atoms with Crippen molar-refractivity contribution >= 4 is 23.3 Å². The smallest absolute Gasteiger partial charge is 0.227 e. The molecule has 7 nitrogen and oxygen atoms in total. The molecule has 156 valence electrons. The van der Waals surface area contributed by atoms with Crippen molar-refractivity contribution < 1.29 is 5.11 Å². The minimum atomic E-state index is -0.0601. The van der Waals surface area contributed by atoms with Gasteiger partial charge in [0.2, 0.25) is 5.95 Å². The summed E-state index contributed by atoms with van der Waals surface area (Å²) in [5.74, 6) is 2.40. The normalized spacial score (nSPS) is 26.6. The van der Waals surface area contributed by atoms with Crippen LogP contribution in [0, 0.1) is 11.3 Å². The second-order valence-corrected chi connectivity index (χ2v) is 10.0. The Balaban J connectivity index is 1.40. The lowest BCUT2D eigenvalue weighted by Gasteiger charge is -2.30. The van der Waals surface area contributed by atoms with Gasteiger partial charge in [0.1, 0.15) is 5.82 Å². The van der Waals surface area contributed by atoms with Crippen LogP contribution >= 0.6 is 11.5 Å². The van der Waals surface area contributed by atoms with Gasteiger partial charge in [0.15, 0.2) is 0 Å². The van der Waals surface area contributed by atoms with Crippen LogP contribution in [0.5, 0.6) is 0 Å². The minimum Gasteiger partial charge on any atom is -0.396 e. The monoisotopic (exact) mass is 414 g/mol. The fourth-order valence-corrected chi connectivity index (χ4v) is 5.98. The molecular formula is C21H30N6OS. The first kappa shape index (κ1) is 19.2. The molecule has 0 saturated carbocycles. The largest absolute Gasteiger partial charge is 0.396 e. The molecule has 5 rings (SSSR count). The van der Waals surface area contributed by atoms with Crippen molar-refractivity contribution in [2.45, 2.75) is 32.2 Å². The molecular weight excluding hydrogens is 384 g/mol. The van der Waals surface area contributed by atoms with Crippen LogP contribution in [0.2, 0.25) is 0 Å². The van der Waals surface area contributed by atoms with Gasteiger partial charge in [-0.1, -0.05) is 0 Å². The number of aliphatic hydroxyl groups is 1. The average molecular weight is 415 g/mol. The number of hydrogen-bond acceptors (Lipinski definition) is 8. The first-order valence-electron chi connectivity index (χ1n) is 10.6. The molecule has 1 aliphatic carbocycles. The Morgan fingerprint density at radius 1 is 1.21 bits per heavy atom. The Morgan fingerprint density at radius 3 is 2.79 bits per heavy atom. The quantitative estimate of drug-likeness (QED) is 0.800. The van der Waals surface area contributed by atoms with E-state index in [1.54, 1.807) is 11.5 Å². The average Bonchev–Trinajstić information content (AvgIpc) is 3.42. The number of nitrogens with zero attached hydrogens (tertiary/aromatic N) is 6. The molecule has 0 radical (unpaired) electrons. The Labute approximate surface area is 176 Å². The highest BCUT2D eigenvalue weighted by atomic mass is 32.1. The third kappa shape index (κ3) is 3.41. The number of aryl methyl sites for hydroxylation is 1. The maximum Gasteiger partial charge on any atom is 0.227 e. The summed E-state index contributed by atoms with van der Waals surface area (Å²) in [6.45, 7) is 5.00. The lowest BCUT2D eigenvalue weighted by atomic mass is 9.82. The molecule has 0 aromatic carbocycles. The summed E-state index contributed by atoms with van der Waals surface area (Å²) in [4.78, 5) is 18.1. The van der Waals surface area contributed by atoms with Crippen molar-refractivity contribution in [2.24, 2.45) is 11.3 Å². The van der Waals surface area contributed by atoms with Crippen LogP contribution in [-0.2, 0) is 19.4 Å². The summed E-state index contributed by atoms with van der Waals surface area (Å²) in [7, 11) is 4.03. The summed E-state index contributed by atoms with van der Waals surface area (Å²) in [6.07, 6.45) is 6.43. The molecule has 2 unspecified atom stereocenters. The number of anilines is 2. The van der Waals surface area contributed by atoms with E-state index in [4.69, 9.17) is 9.97 Å².